The molecular formula is C22H22BrN3O2. The Morgan fingerprint density at radius 1 is 1.14 bits per heavy atom. The Hall–Kier alpha value is -2.47. The van der Waals surface area contributed by atoms with Crippen molar-refractivity contribution >= 4 is 32.7 Å². The van der Waals surface area contributed by atoms with Gasteiger partial charge in [-0.05, 0) is 43.7 Å². The van der Waals surface area contributed by atoms with Crippen molar-refractivity contribution in [3.8, 4) is 5.88 Å². The molecule has 1 saturated heterocycles. The zero-order chi connectivity index (χ0) is 19.7. The van der Waals surface area contributed by atoms with E-state index in [0.29, 0.717) is 24.5 Å². The van der Waals surface area contributed by atoms with Crippen LogP contribution in [0.15, 0.2) is 47.1 Å². The van der Waals surface area contributed by atoms with Crippen molar-refractivity contribution in [3.63, 3.8) is 0 Å². The summed E-state index contributed by atoms with van der Waals surface area (Å²) < 4.78 is 6.93. The summed E-state index contributed by atoms with van der Waals surface area (Å²) in [6, 6.07) is 11.6. The number of hydrogen-bond acceptors (Lipinski definition) is 4. The van der Waals surface area contributed by atoms with Gasteiger partial charge in [-0.15, -0.1) is 0 Å². The number of piperidine rings is 1. The molecule has 3 aromatic rings. The van der Waals surface area contributed by atoms with E-state index < -0.39 is 0 Å². The predicted octanol–water partition coefficient (Wildman–Crippen LogP) is 4.69. The van der Waals surface area contributed by atoms with Gasteiger partial charge in [0.15, 0.2) is 0 Å². The predicted molar refractivity (Wildman–Crippen MR) is 113 cm³/mol. The fraction of sp³-hybridized carbons (Fsp3) is 0.318. The Labute approximate surface area is 172 Å². The van der Waals surface area contributed by atoms with Crippen LogP contribution in [0.5, 0.6) is 5.88 Å². The van der Waals surface area contributed by atoms with Gasteiger partial charge in [-0.1, -0.05) is 22.0 Å². The van der Waals surface area contributed by atoms with Crippen LogP contribution in [0.2, 0.25) is 0 Å². The number of halogens is 1. The van der Waals surface area contributed by atoms with Crippen LogP contribution in [0.4, 0.5) is 0 Å². The highest BCUT2D eigenvalue weighted by molar-refractivity contribution is 9.10. The van der Waals surface area contributed by atoms with Gasteiger partial charge in [0.2, 0.25) is 5.88 Å². The van der Waals surface area contributed by atoms with Crippen molar-refractivity contribution in [1.29, 1.82) is 0 Å². The molecule has 1 aliphatic heterocycles. The van der Waals surface area contributed by atoms with Gasteiger partial charge in [0.1, 0.15) is 6.10 Å². The molecule has 2 aromatic heterocycles. The molecular weight excluding hydrogens is 418 g/mol. The first kappa shape index (κ1) is 18.9. The number of nitrogens with zero attached hydrogens (tertiary/aromatic N) is 3. The first-order valence-corrected chi connectivity index (χ1v) is 10.2. The quantitative estimate of drug-likeness (QED) is 0.593. The number of pyridine rings is 2. The maximum Gasteiger partial charge on any atom is 0.254 e. The van der Waals surface area contributed by atoms with Gasteiger partial charge in [-0.2, -0.15) is 0 Å². The Balaban J connectivity index is 1.48. The van der Waals surface area contributed by atoms with Crippen LogP contribution in [-0.4, -0.2) is 40.0 Å². The number of rotatable bonds is 3. The summed E-state index contributed by atoms with van der Waals surface area (Å²) in [5, 5.41) is 0.882. The van der Waals surface area contributed by atoms with Crippen LogP contribution in [0.25, 0.3) is 10.9 Å². The fourth-order valence-corrected chi connectivity index (χ4v) is 3.91. The number of benzene rings is 1. The van der Waals surface area contributed by atoms with Crippen LogP contribution in [0.1, 0.15) is 34.5 Å². The molecule has 0 spiro atoms. The standard InChI is InChI=1S/C22H22BrN3O2/c1-14-3-6-21(24-13-14)28-17-7-9-26(10-8-17)22(27)19-11-15(2)25-20-5-4-16(23)12-18(19)20/h3-6,11-13,17H,7-10H2,1-2H3. The van der Waals surface area contributed by atoms with Gasteiger partial charge in [0, 0.05) is 53.7 Å². The van der Waals surface area contributed by atoms with Gasteiger partial charge < -0.3 is 9.64 Å². The molecule has 5 nitrogen and oxygen atoms in total. The van der Waals surface area contributed by atoms with E-state index in [4.69, 9.17) is 4.74 Å². The molecule has 1 aliphatic rings. The smallest absolute Gasteiger partial charge is 0.254 e. The highest BCUT2D eigenvalue weighted by Gasteiger charge is 2.26. The second-order valence-corrected chi connectivity index (χ2v) is 8.17. The number of carbonyl (C=O) groups is 1. The molecule has 0 N–H and O–H groups in total. The average molecular weight is 440 g/mol. The number of carbonyl (C=O) groups excluding carboxylic acids is 1. The van der Waals surface area contributed by atoms with Crippen molar-refractivity contribution in [2.24, 2.45) is 0 Å². The number of amides is 1. The number of hydrogen-bond donors (Lipinski definition) is 0. The molecule has 1 aromatic carbocycles. The summed E-state index contributed by atoms with van der Waals surface area (Å²) in [6.07, 6.45) is 3.49. The Kier molecular flexibility index (Phi) is 5.31. The summed E-state index contributed by atoms with van der Waals surface area (Å²) in [5.41, 5.74) is 3.51. The summed E-state index contributed by atoms with van der Waals surface area (Å²) in [4.78, 5) is 24.0. The van der Waals surface area contributed by atoms with Crippen LogP contribution in [0, 0.1) is 13.8 Å². The fourth-order valence-electron chi connectivity index (χ4n) is 3.55. The number of ether oxygens (including phenoxy) is 1. The molecule has 144 valence electrons. The maximum atomic E-state index is 13.2. The molecule has 0 unspecified atom stereocenters. The lowest BCUT2D eigenvalue weighted by Crippen LogP contribution is -2.42. The molecule has 4 rings (SSSR count). The summed E-state index contributed by atoms with van der Waals surface area (Å²) >= 11 is 3.50. The topological polar surface area (TPSA) is 55.3 Å². The third-order valence-electron chi connectivity index (χ3n) is 5.03. The molecule has 6 heteroatoms. The van der Waals surface area contributed by atoms with Crippen molar-refractivity contribution in [3.05, 3.63) is 63.9 Å². The van der Waals surface area contributed by atoms with Crippen LogP contribution >= 0.6 is 15.9 Å². The zero-order valence-corrected chi connectivity index (χ0v) is 17.6. The lowest BCUT2D eigenvalue weighted by atomic mass is 10.0. The minimum absolute atomic E-state index is 0.0560. The van der Waals surface area contributed by atoms with E-state index in [0.717, 1.165) is 39.5 Å². The number of fused-ring (bicyclic) bond motifs is 1. The lowest BCUT2D eigenvalue weighted by Gasteiger charge is -2.32. The second-order valence-electron chi connectivity index (χ2n) is 7.26. The highest BCUT2D eigenvalue weighted by Crippen LogP contribution is 2.25. The van der Waals surface area contributed by atoms with Crippen molar-refractivity contribution in [2.75, 3.05) is 13.1 Å². The summed E-state index contributed by atoms with van der Waals surface area (Å²) in [6.45, 7) is 5.27. The number of aryl methyl sites for hydroxylation is 2. The monoisotopic (exact) mass is 439 g/mol. The lowest BCUT2D eigenvalue weighted by molar-refractivity contribution is 0.0589. The minimum Gasteiger partial charge on any atom is -0.474 e. The van der Waals surface area contributed by atoms with E-state index >= 15 is 0 Å². The summed E-state index contributed by atoms with van der Waals surface area (Å²) in [5.74, 6) is 0.705. The van der Waals surface area contributed by atoms with E-state index in [1.165, 1.54) is 0 Å². The van der Waals surface area contributed by atoms with Gasteiger partial charge in [0.05, 0.1) is 11.1 Å². The summed E-state index contributed by atoms with van der Waals surface area (Å²) in [7, 11) is 0. The van der Waals surface area contributed by atoms with Crippen molar-refractivity contribution in [2.45, 2.75) is 32.8 Å². The molecule has 0 aliphatic carbocycles. The zero-order valence-electron chi connectivity index (χ0n) is 16.0. The van der Waals surface area contributed by atoms with Crippen molar-refractivity contribution in [1.82, 2.24) is 14.9 Å². The number of likely N-dealkylation sites (tertiary alicyclic amines) is 1. The average Bonchev–Trinajstić information content (AvgIpc) is 2.69. The SMILES string of the molecule is Cc1ccc(OC2CCN(C(=O)c3cc(C)nc4ccc(Br)cc34)CC2)nc1. The van der Waals surface area contributed by atoms with E-state index in [-0.39, 0.29) is 12.0 Å². The highest BCUT2D eigenvalue weighted by atomic mass is 79.9. The molecule has 3 heterocycles. The minimum atomic E-state index is 0.0560. The van der Waals surface area contributed by atoms with Crippen LogP contribution < -0.4 is 4.74 Å². The molecule has 0 atom stereocenters. The third-order valence-corrected chi connectivity index (χ3v) is 5.52. The van der Waals surface area contributed by atoms with Crippen LogP contribution in [0.3, 0.4) is 0 Å². The molecule has 0 bridgehead atoms. The van der Waals surface area contributed by atoms with Gasteiger partial charge >= 0.3 is 0 Å². The van der Waals surface area contributed by atoms with Gasteiger partial charge in [-0.3, -0.25) is 9.78 Å². The molecule has 1 fully saturated rings. The second kappa shape index (κ2) is 7.87. The Morgan fingerprint density at radius 3 is 2.64 bits per heavy atom. The third kappa shape index (κ3) is 4.02. The van der Waals surface area contributed by atoms with Gasteiger partial charge in [0.25, 0.3) is 5.91 Å². The number of aromatic nitrogens is 2. The first-order valence-electron chi connectivity index (χ1n) is 9.45. The van der Waals surface area contributed by atoms with Crippen LogP contribution in [-0.2, 0) is 0 Å². The Bertz CT molecular complexity index is 1010. The normalized spacial score (nSPS) is 15.0. The van der Waals surface area contributed by atoms with E-state index in [2.05, 4.69) is 25.9 Å². The van der Waals surface area contributed by atoms with Crippen molar-refractivity contribution < 1.29 is 9.53 Å². The first-order chi connectivity index (χ1) is 13.5. The Morgan fingerprint density at radius 2 is 1.93 bits per heavy atom. The molecule has 28 heavy (non-hydrogen) atoms. The largest absolute Gasteiger partial charge is 0.474 e. The molecule has 1 amide bonds. The molecule has 0 radical (unpaired) electrons. The van der Waals surface area contributed by atoms with E-state index in [9.17, 15) is 4.79 Å². The van der Waals surface area contributed by atoms with Gasteiger partial charge in [-0.25, -0.2) is 4.98 Å². The maximum absolute atomic E-state index is 13.2. The molecule has 0 saturated carbocycles. The van der Waals surface area contributed by atoms with E-state index in [1.807, 2.05) is 61.3 Å². The van der Waals surface area contributed by atoms with E-state index in [1.54, 1.807) is 0 Å².